The molecule has 0 saturated carbocycles. The van der Waals surface area contributed by atoms with Crippen LogP contribution in [0.25, 0.3) is 0 Å². The lowest BCUT2D eigenvalue weighted by atomic mass is 11.6. The van der Waals surface area contributed by atoms with Crippen LogP contribution in [-0.2, 0) is 0 Å². The van der Waals surface area contributed by atoms with Crippen molar-refractivity contribution < 1.29 is 0 Å². The zero-order chi connectivity index (χ0) is 6.62. The zero-order valence-corrected chi connectivity index (χ0v) is 6.79. The van der Waals surface area contributed by atoms with E-state index in [9.17, 15) is 0 Å². The summed E-state index contributed by atoms with van der Waals surface area (Å²) in [7, 11) is 4.36. The Morgan fingerprint density at radius 3 is 1.56 bits per heavy atom. The molecule has 3 nitrogen and oxygen atoms in total. The molecule has 0 amide bonds. The van der Waals surface area contributed by atoms with Crippen molar-refractivity contribution >= 4 is 7.36 Å². The van der Waals surface area contributed by atoms with E-state index in [-0.39, 0.29) is 7.43 Å². The molecule has 0 aliphatic carbocycles. The molecule has 0 fully saturated rings. The Bertz CT molecular complexity index is 103. The average Bonchev–Trinajstić information content (AvgIpc) is 1.87. The van der Waals surface area contributed by atoms with Crippen molar-refractivity contribution in [3.8, 4) is 0 Å². The Morgan fingerprint density at radius 2 is 1.56 bits per heavy atom. The first-order valence-electron chi connectivity index (χ1n) is 2.54. The van der Waals surface area contributed by atoms with E-state index in [4.69, 9.17) is 0 Å². The predicted octanol–water partition coefficient (Wildman–Crippen LogP) is 1.35. The van der Waals surface area contributed by atoms with Crippen LogP contribution in [0.1, 0.15) is 7.43 Å². The van der Waals surface area contributed by atoms with Gasteiger partial charge in [-0.1, -0.05) is 7.43 Å². The largest absolute Gasteiger partial charge is 0.278 e. The van der Waals surface area contributed by atoms with E-state index >= 15 is 0 Å². The van der Waals surface area contributed by atoms with Crippen molar-refractivity contribution in [3.63, 3.8) is 0 Å². The van der Waals surface area contributed by atoms with Crippen molar-refractivity contribution in [2.45, 2.75) is 7.43 Å². The lowest BCUT2D eigenvalue weighted by molar-refractivity contribution is 1.12. The molecule has 0 aliphatic rings. The van der Waals surface area contributed by atoms with Gasteiger partial charge in [0.05, 0.1) is 7.36 Å². The molecule has 0 spiro atoms. The van der Waals surface area contributed by atoms with Gasteiger partial charge in [0.1, 0.15) is 0 Å². The SMILES string of the molecule is C.CN=P(C)(NC)NC. The highest BCUT2D eigenvalue weighted by Gasteiger charge is 2.00. The summed E-state index contributed by atoms with van der Waals surface area (Å²) in [6.07, 6.45) is 0. The van der Waals surface area contributed by atoms with Crippen molar-refractivity contribution in [2.75, 3.05) is 27.8 Å². The second kappa shape index (κ2) is 4.98. The molecule has 0 aliphatic heterocycles. The average molecular weight is 151 g/mol. The quantitative estimate of drug-likeness (QED) is 0.584. The zero-order valence-electron chi connectivity index (χ0n) is 5.89. The minimum Gasteiger partial charge on any atom is -0.278 e. The van der Waals surface area contributed by atoms with E-state index in [0.717, 1.165) is 0 Å². The molecule has 0 heterocycles. The van der Waals surface area contributed by atoms with E-state index in [1.54, 1.807) is 0 Å². The van der Waals surface area contributed by atoms with Crippen LogP contribution in [0.15, 0.2) is 4.74 Å². The van der Waals surface area contributed by atoms with Crippen LogP contribution in [0, 0.1) is 0 Å². The molecule has 0 aromatic carbocycles. The van der Waals surface area contributed by atoms with Gasteiger partial charge in [-0.05, 0) is 20.8 Å². The first kappa shape index (κ1) is 11.9. The molecule has 0 unspecified atom stereocenters. The molecule has 9 heavy (non-hydrogen) atoms. The number of hydrogen-bond donors (Lipinski definition) is 2. The second-order valence-corrected chi connectivity index (χ2v) is 4.82. The number of nitrogens with one attached hydrogen (secondary N) is 2. The summed E-state index contributed by atoms with van der Waals surface area (Å²) in [6, 6.07) is 0. The minimum absolute atomic E-state index is 0. The van der Waals surface area contributed by atoms with Crippen LogP contribution >= 0.6 is 7.36 Å². The van der Waals surface area contributed by atoms with Crippen LogP contribution in [0.3, 0.4) is 0 Å². The van der Waals surface area contributed by atoms with Gasteiger partial charge < -0.3 is 0 Å². The molecule has 58 valence electrons. The summed E-state index contributed by atoms with van der Waals surface area (Å²) in [5.74, 6) is 0. The molecule has 2 N–H and O–H groups in total. The van der Waals surface area contributed by atoms with Gasteiger partial charge in [-0.3, -0.25) is 14.9 Å². The van der Waals surface area contributed by atoms with Crippen molar-refractivity contribution in [2.24, 2.45) is 4.74 Å². The molecule has 0 saturated heterocycles. The van der Waals surface area contributed by atoms with Crippen LogP contribution in [0.4, 0.5) is 0 Å². The summed E-state index contributed by atoms with van der Waals surface area (Å²) in [5, 5.41) is 6.22. The van der Waals surface area contributed by atoms with E-state index in [1.807, 2.05) is 21.1 Å². The van der Waals surface area contributed by atoms with Crippen molar-refractivity contribution in [1.29, 1.82) is 0 Å². The fourth-order valence-electron chi connectivity index (χ4n) is 0.312. The summed E-state index contributed by atoms with van der Waals surface area (Å²) in [6.45, 7) is 2.08. The molecular formula is C5H18N3P. The smallest absolute Gasteiger partial charge is 0.0877 e. The van der Waals surface area contributed by atoms with Crippen molar-refractivity contribution in [3.05, 3.63) is 0 Å². The number of rotatable bonds is 2. The first-order chi connectivity index (χ1) is 3.68. The third-order valence-corrected chi connectivity index (χ3v) is 3.81. The summed E-state index contributed by atoms with van der Waals surface area (Å²) in [4.78, 5) is 0. The lowest BCUT2D eigenvalue weighted by Crippen LogP contribution is -2.13. The van der Waals surface area contributed by atoms with Gasteiger partial charge in [-0.15, -0.1) is 0 Å². The predicted molar refractivity (Wildman–Crippen MR) is 46.0 cm³/mol. The van der Waals surface area contributed by atoms with E-state index in [0.29, 0.717) is 0 Å². The maximum Gasteiger partial charge on any atom is 0.0877 e. The van der Waals surface area contributed by atoms with Gasteiger partial charge in [0.15, 0.2) is 0 Å². The van der Waals surface area contributed by atoms with Crippen molar-refractivity contribution in [1.82, 2.24) is 10.2 Å². The Hall–Kier alpha value is 0.150. The summed E-state index contributed by atoms with van der Waals surface area (Å²) < 4.78 is 4.15. The Balaban J connectivity index is 0. The van der Waals surface area contributed by atoms with Gasteiger partial charge in [0, 0.05) is 7.05 Å². The molecular weight excluding hydrogens is 133 g/mol. The molecule has 0 aromatic heterocycles. The molecule has 0 atom stereocenters. The summed E-state index contributed by atoms with van der Waals surface area (Å²) in [5.41, 5.74) is 0. The van der Waals surface area contributed by atoms with E-state index in [2.05, 4.69) is 21.6 Å². The lowest BCUT2D eigenvalue weighted by Gasteiger charge is -2.15. The van der Waals surface area contributed by atoms with Crippen LogP contribution < -0.4 is 10.2 Å². The van der Waals surface area contributed by atoms with Gasteiger partial charge in [-0.25, -0.2) is 0 Å². The van der Waals surface area contributed by atoms with Gasteiger partial charge >= 0.3 is 0 Å². The summed E-state index contributed by atoms with van der Waals surface area (Å²) >= 11 is 0. The van der Waals surface area contributed by atoms with Crippen LogP contribution in [-0.4, -0.2) is 27.8 Å². The Kier molecular flexibility index (Phi) is 6.57. The standard InChI is InChI=1S/C4H14N3P.CH4/c1-5-8(4,6-2)7-3;/h5-6H,1-4H3;1H4. The maximum absolute atomic E-state index is 4.15. The van der Waals surface area contributed by atoms with Crippen LogP contribution in [0.2, 0.25) is 0 Å². The molecule has 0 bridgehead atoms. The maximum atomic E-state index is 4.15. The fraction of sp³-hybridized carbons (Fsp3) is 1.00. The number of nitrogens with zero attached hydrogens (tertiary/aromatic N) is 1. The first-order valence-corrected chi connectivity index (χ1v) is 4.73. The topological polar surface area (TPSA) is 36.4 Å². The minimum atomic E-state index is -1.29. The van der Waals surface area contributed by atoms with Gasteiger partial charge in [0.25, 0.3) is 0 Å². The van der Waals surface area contributed by atoms with E-state index < -0.39 is 7.36 Å². The molecule has 0 radical (unpaired) electrons. The van der Waals surface area contributed by atoms with E-state index in [1.165, 1.54) is 0 Å². The normalized spacial score (nSPS) is 10.2. The molecule has 4 heteroatoms. The third-order valence-electron chi connectivity index (χ3n) is 1.27. The number of hydrogen-bond acceptors (Lipinski definition) is 1. The van der Waals surface area contributed by atoms with Gasteiger partial charge in [-0.2, -0.15) is 0 Å². The fourth-order valence-corrected chi connectivity index (χ4v) is 0.935. The monoisotopic (exact) mass is 151 g/mol. The highest BCUT2D eigenvalue weighted by Crippen LogP contribution is 2.31. The Labute approximate surface area is 58.4 Å². The highest BCUT2D eigenvalue weighted by molar-refractivity contribution is 7.61. The molecule has 0 rings (SSSR count). The van der Waals surface area contributed by atoms with Gasteiger partial charge in [0.2, 0.25) is 0 Å². The second-order valence-electron chi connectivity index (χ2n) is 1.61. The Morgan fingerprint density at radius 1 is 1.22 bits per heavy atom. The molecule has 0 aromatic rings. The van der Waals surface area contributed by atoms with Crippen LogP contribution in [0.5, 0.6) is 0 Å². The highest BCUT2D eigenvalue weighted by atomic mass is 31.2. The third kappa shape index (κ3) is 3.68.